The highest BCUT2D eigenvalue weighted by Gasteiger charge is 2.42. The van der Waals surface area contributed by atoms with E-state index < -0.39 is 5.60 Å². The normalized spacial score (nSPS) is 19.7. The Balaban J connectivity index is 1.75. The fourth-order valence-corrected chi connectivity index (χ4v) is 2.47. The summed E-state index contributed by atoms with van der Waals surface area (Å²) in [6.45, 7) is 1.73. The van der Waals surface area contributed by atoms with Gasteiger partial charge in [0.25, 0.3) is 5.91 Å². The number of nitrogens with one attached hydrogen (secondary N) is 1. The number of methoxy groups -OCH3 is 1. The molecule has 1 amide bonds. The van der Waals surface area contributed by atoms with Crippen LogP contribution in [0.25, 0.3) is 0 Å². The quantitative estimate of drug-likeness (QED) is 0.943. The summed E-state index contributed by atoms with van der Waals surface area (Å²) >= 11 is 0. The van der Waals surface area contributed by atoms with Crippen molar-refractivity contribution in [2.24, 2.45) is 5.16 Å². The van der Waals surface area contributed by atoms with Crippen molar-refractivity contribution in [1.82, 2.24) is 0 Å². The molecule has 2 aromatic carbocycles. The number of carbonyl (C=O) groups excluding carboxylic acids is 1. The zero-order chi connectivity index (χ0) is 16.3. The molecule has 1 unspecified atom stereocenters. The molecule has 23 heavy (non-hydrogen) atoms. The van der Waals surface area contributed by atoms with Gasteiger partial charge in [-0.25, -0.2) is 0 Å². The van der Waals surface area contributed by atoms with Gasteiger partial charge in [-0.3, -0.25) is 4.79 Å². The van der Waals surface area contributed by atoms with Gasteiger partial charge in [0.05, 0.1) is 12.8 Å². The van der Waals surface area contributed by atoms with Crippen LogP contribution in [0, 0.1) is 0 Å². The average molecular weight is 310 g/mol. The number of hydrogen-bond donors (Lipinski definition) is 1. The first-order valence-electron chi connectivity index (χ1n) is 7.37. The van der Waals surface area contributed by atoms with Crippen LogP contribution in [0.15, 0.2) is 59.8 Å². The highest BCUT2D eigenvalue weighted by molar-refractivity contribution is 6.09. The second-order valence-electron chi connectivity index (χ2n) is 5.56. The molecule has 3 rings (SSSR count). The maximum absolute atomic E-state index is 12.5. The fourth-order valence-electron chi connectivity index (χ4n) is 2.47. The van der Waals surface area contributed by atoms with Crippen LogP contribution >= 0.6 is 0 Å². The fraction of sp³-hybridized carbons (Fsp3) is 0.222. The molecule has 1 aliphatic rings. The molecule has 0 spiro atoms. The van der Waals surface area contributed by atoms with E-state index in [1.54, 1.807) is 14.0 Å². The summed E-state index contributed by atoms with van der Waals surface area (Å²) in [6, 6.07) is 16.8. The van der Waals surface area contributed by atoms with Crippen LogP contribution in [0.1, 0.15) is 18.9 Å². The molecule has 0 aliphatic carbocycles. The van der Waals surface area contributed by atoms with Gasteiger partial charge in [-0.05, 0) is 31.2 Å². The van der Waals surface area contributed by atoms with E-state index in [1.807, 2.05) is 54.6 Å². The molecule has 1 heterocycles. The minimum absolute atomic E-state index is 0.225. The summed E-state index contributed by atoms with van der Waals surface area (Å²) in [7, 11) is 1.61. The van der Waals surface area contributed by atoms with E-state index in [0.717, 1.165) is 11.3 Å². The summed E-state index contributed by atoms with van der Waals surface area (Å²) in [5.41, 5.74) is 1.24. The van der Waals surface area contributed by atoms with Gasteiger partial charge in [0, 0.05) is 17.7 Å². The number of para-hydroxylation sites is 2. The predicted octanol–water partition coefficient (Wildman–Crippen LogP) is 3.22. The molecule has 118 valence electrons. The molecule has 5 heteroatoms. The lowest BCUT2D eigenvalue weighted by molar-refractivity contribution is -0.135. The molecule has 0 saturated heterocycles. The van der Waals surface area contributed by atoms with Crippen molar-refractivity contribution in [1.29, 1.82) is 0 Å². The van der Waals surface area contributed by atoms with Gasteiger partial charge in [-0.1, -0.05) is 35.5 Å². The van der Waals surface area contributed by atoms with Crippen molar-refractivity contribution in [3.05, 3.63) is 60.2 Å². The smallest absolute Gasteiger partial charge is 0.271 e. The molecule has 1 aliphatic heterocycles. The van der Waals surface area contributed by atoms with Gasteiger partial charge in [0.2, 0.25) is 5.60 Å². The standard InChI is InChI=1S/C18H18N2O3/c1-18(17(21)19-13-8-4-3-5-9-13)12-15(20-23-18)14-10-6-7-11-16(14)22-2/h3-11H,12H2,1-2H3,(H,19,21). The summed E-state index contributed by atoms with van der Waals surface area (Å²) < 4.78 is 5.35. The minimum Gasteiger partial charge on any atom is -0.496 e. The van der Waals surface area contributed by atoms with Crippen LogP contribution in [-0.2, 0) is 9.63 Å². The Labute approximate surface area is 134 Å². The van der Waals surface area contributed by atoms with Gasteiger partial charge >= 0.3 is 0 Å². The molecule has 5 nitrogen and oxygen atoms in total. The first kappa shape index (κ1) is 15.1. The van der Waals surface area contributed by atoms with Crippen molar-refractivity contribution in [3.8, 4) is 5.75 Å². The van der Waals surface area contributed by atoms with E-state index >= 15 is 0 Å². The van der Waals surface area contributed by atoms with E-state index in [1.165, 1.54) is 0 Å². The van der Waals surface area contributed by atoms with Crippen LogP contribution < -0.4 is 10.1 Å². The van der Waals surface area contributed by atoms with E-state index in [9.17, 15) is 4.79 Å². The number of hydrogen-bond acceptors (Lipinski definition) is 4. The third-order valence-corrected chi connectivity index (χ3v) is 3.79. The number of rotatable bonds is 4. The van der Waals surface area contributed by atoms with E-state index in [4.69, 9.17) is 9.57 Å². The van der Waals surface area contributed by atoms with Crippen molar-refractivity contribution in [2.45, 2.75) is 18.9 Å². The third-order valence-electron chi connectivity index (χ3n) is 3.79. The van der Waals surface area contributed by atoms with E-state index in [-0.39, 0.29) is 5.91 Å². The Hall–Kier alpha value is -2.82. The minimum atomic E-state index is -1.04. The molecule has 0 saturated carbocycles. The van der Waals surface area contributed by atoms with Gasteiger partial charge in [-0.2, -0.15) is 0 Å². The average Bonchev–Trinajstić information content (AvgIpc) is 2.99. The molecule has 1 N–H and O–H groups in total. The maximum Gasteiger partial charge on any atom is 0.271 e. The van der Waals surface area contributed by atoms with Crippen LogP contribution in [0.4, 0.5) is 5.69 Å². The number of carbonyl (C=O) groups is 1. The molecule has 0 aromatic heterocycles. The SMILES string of the molecule is COc1ccccc1C1=NOC(C)(C(=O)Nc2ccccc2)C1. The Kier molecular flexibility index (Phi) is 4.02. The lowest BCUT2D eigenvalue weighted by atomic mass is 9.94. The topological polar surface area (TPSA) is 59.9 Å². The highest BCUT2D eigenvalue weighted by atomic mass is 16.7. The van der Waals surface area contributed by atoms with E-state index in [0.29, 0.717) is 17.9 Å². The predicted molar refractivity (Wildman–Crippen MR) is 88.7 cm³/mol. The molecule has 2 aromatic rings. The molecule has 0 bridgehead atoms. The summed E-state index contributed by atoms with van der Waals surface area (Å²) in [4.78, 5) is 18.0. The number of benzene rings is 2. The lowest BCUT2D eigenvalue weighted by Gasteiger charge is -2.20. The maximum atomic E-state index is 12.5. The second kappa shape index (κ2) is 6.12. The van der Waals surface area contributed by atoms with Gasteiger partial charge in [0.1, 0.15) is 5.75 Å². The molecular formula is C18H18N2O3. The second-order valence-corrected chi connectivity index (χ2v) is 5.56. The van der Waals surface area contributed by atoms with Crippen LogP contribution in [0.5, 0.6) is 5.75 Å². The Morgan fingerprint density at radius 3 is 2.61 bits per heavy atom. The largest absolute Gasteiger partial charge is 0.496 e. The number of anilines is 1. The number of ether oxygens (including phenoxy) is 1. The number of nitrogens with zero attached hydrogens (tertiary/aromatic N) is 1. The Bertz CT molecular complexity index is 743. The number of oxime groups is 1. The zero-order valence-corrected chi connectivity index (χ0v) is 13.1. The van der Waals surface area contributed by atoms with Crippen LogP contribution in [0.2, 0.25) is 0 Å². The van der Waals surface area contributed by atoms with Crippen LogP contribution in [-0.4, -0.2) is 24.3 Å². The van der Waals surface area contributed by atoms with Crippen molar-refractivity contribution in [3.63, 3.8) is 0 Å². The Morgan fingerprint density at radius 1 is 1.17 bits per heavy atom. The van der Waals surface area contributed by atoms with E-state index in [2.05, 4.69) is 10.5 Å². The van der Waals surface area contributed by atoms with Gasteiger partial charge < -0.3 is 14.9 Å². The van der Waals surface area contributed by atoms with Gasteiger partial charge in [0.15, 0.2) is 0 Å². The first-order valence-corrected chi connectivity index (χ1v) is 7.37. The number of amides is 1. The molecule has 0 radical (unpaired) electrons. The summed E-state index contributed by atoms with van der Waals surface area (Å²) in [6.07, 6.45) is 0.381. The monoisotopic (exact) mass is 310 g/mol. The zero-order valence-electron chi connectivity index (χ0n) is 13.1. The molecular weight excluding hydrogens is 292 g/mol. The first-order chi connectivity index (χ1) is 11.1. The molecule has 1 atom stereocenters. The van der Waals surface area contributed by atoms with Crippen molar-refractivity contribution >= 4 is 17.3 Å². The summed E-state index contributed by atoms with van der Waals surface area (Å²) in [5.74, 6) is 0.486. The van der Waals surface area contributed by atoms with Crippen molar-refractivity contribution in [2.75, 3.05) is 12.4 Å². The van der Waals surface area contributed by atoms with Crippen LogP contribution in [0.3, 0.4) is 0 Å². The van der Waals surface area contributed by atoms with Crippen molar-refractivity contribution < 1.29 is 14.4 Å². The Morgan fingerprint density at radius 2 is 1.87 bits per heavy atom. The molecule has 0 fully saturated rings. The summed E-state index contributed by atoms with van der Waals surface area (Å²) in [5, 5.41) is 6.96. The lowest BCUT2D eigenvalue weighted by Crippen LogP contribution is -2.40. The third kappa shape index (κ3) is 3.04. The van der Waals surface area contributed by atoms with Gasteiger partial charge in [-0.15, -0.1) is 0 Å². The highest BCUT2D eigenvalue weighted by Crippen LogP contribution is 2.31.